The van der Waals surface area contributed by atoms with E-state index in [9.17, 15) is 4.79 Å². The lowest BCUT2D eigenvalue weighted by molar-refractivity contribution is -0.118. The minimum Gasteiger partial charge on any atom is -0.497 e. The summed E-state index contributed by atoms with van der Waals surface area (Å²) in [6, 6.07) is 27.5. The second-order valence-electron chi connectivity index (χ2n) is 8.38. The predicted octanol–water partition coefficient (Wildman–Crippen LogP) is 5.46. The number of benzene rings is 3. The summed E-state index contributed by atoms with van der Waals surface area (Å²) < 4.78 is 7.14. The molecule has 0 saturated heterocycles. The van der Waals surface area contributed by atoms with Gasteiger partial charge in [-0.05, 0) is 36.2 Å². The summed E-state index contributed by atoms with van der Waals surface area (Å²) in [5, 5.41) is 9.51. The number of carbonyl (C=O) groups is 1. The highest BCUT2D eigenvalue weighted by Gasteiger charge is 2.20. The molecule has 3 aromatic carbocycles. The Hall–Kier alpha value is -4.17. The molecule has 0 atom stereocenters. The molecule has 186 valence electrons. The first-order valence-corrected chi connectivity index (χ1v) is 13.1. The number of methoxy groups -OCH3 is 1. The molecule has 5 aromatic rings. The van der Waals surface area contributed by atoms with E-state index < -0.39 is 0 Å². The van der Waals surface area contributed by atoms with Gasteiger partial charge in [-0.15, -0.1) is 0 Å². The van der Waals surface area contributed by atoms with Crippen LogP contribution in [0, 0.1) is 0 Å². The fraction of sp³-hybridized carbons (Fsp3) is 0.172. The molecule has 2 aromatic heterocycles. The van der Waals surface area contributed by atoms with Crippen LogP contribution in [-0.2, 0) is 17.8 Å². The van der Waals surface area contributed by atoms with Gasteiger partial charge in [0.15, 0.2) is 11.5 Å². The molecule has 0 bridgehead atoms. The van der Waals surface area contributed by atoms with E-state index in [1.807, 2.05) is 89.6 Å². The van der Waals surface area contributed by atoms with Crippen molar-refractivity contribution in [1.82, 2.24) is 25.1 Å². The first-order valence-electron chi connectivity index (χ1n) is 12.1. The molecule has 7 nitrogen and oxygen atoms in total. The number of aryl methyl sites for hydroxylation is 1. The van der Waals surface area contributed by atoms with Crippen LogP contribution in [0.5, 0.6) is 5.75 Å². The SMILES string of the molecule is CCc1nn(-c2ccccc2)c2nc(-c3ccccc3)nc(SCC(=O)NCc3cccc(OC)c3)c12. The summed E-state index contributed by atoms with van der Waals surface area (Å²) >= 11 is 1.41. The number of hydrogen-bond acceptors (Lipinski definition) is 6. The van der Waals surface area contributed by atoms with Crippen molar-refractivity contribution in [3.63, 3.8) is 0 Å². The van der Waals surface area contributed by atoms with Crippen molar-refractivity contribution in [1.29, 1.82) is 0 Å². The van der Waals surface area contributed by atoms with Crippen LogP contribution >= 0.6 is 11.8 Å². The summed E-state index contributed by atoms with van der Waals surface area (Å²) in [4.78, 5) is 22.6. The van der Waals surface area contributed by atoms with Crippen LogP contribution in [0.4, 0.5) is 0 Å². The van der Waals surface area contributed by atoms with Gasteiger partial charge in [0.2, 0.25) is 5.91 Å². The lowest BCUT2D eigenvalue weighted by atomic mass is 10.2. The van der Waals surface area contributed by atoms with Gasteiger partial charge in [-0.1, -0.05) is 79.3 Å². The van der Waals surface area contributed by atoms with Gasteiger partial charge in [-0.2, -0.15) is 5.10 Å². The van der Waals surface area contributed by atoms with E-state index in [0.29, 0.717) is 12.4 Å². The summed E-state index contributed by atoms with van der Waals surface area (Å²) in [5.41, 5.74) is 4.45. The maximum Gasteiger partial charge on any atom is 0.230 e. The van der Waals surface area contributed by atoms with Crippen LogP contribution in [0.2, 0.25) is 0 Å². The molecular formula is C29H27N5O2S. The van der Waals surface area contributed by atoms with Gasteiger partial charge in [-0.25, -0.2) is 14.6 Å². The molecule has 1 amide bonds. The topological polar surface area (TPSA) is 81.9 Å². The van der Waals surface area contributed by atoms with Gasteiger partial charge < -0.3 is 10.1 Å². The molecule has 0 aliphatic rings. The lowest BCUT2D eigenvalue weighted by Gasteiger charge is -2.09. The molecule has 1 N–H and O–H groups in total. The third-order valence-electron chi connectivity index (χ3n) is 5.90. The number of para-hydroxylation sites is 1. The van der Waals surface area contributed by atoms with Crippen LogP contribution in [0.25, 0.3) is 28.1 Å². The van der Waals surface area contributed by atoms with E-state index in [4.69, 9.17) is 19.8 Å². The number of aromatic nitrogens is 4. The number of ether oxygens (including phenoxy) is 1. The Bertz CT molecular complexity index is 1520. The van der Waals surface area contributed by atoms with Gasteiger partial charge in [-0.3, -0.25) is 4.79 Å². The van der Waals surface area contributed by atoms with Crippen molar-refractivity contribution in [2.45, 2.75) is 24.9 Å². The third-order valence-corrected chi connectivity index (χ3v) is 6.87. The minimum absolute atomic E-state index is 0.0747. The number of thioether (sulfide) groups is 1. The van der Waals surface area contributed by atoms with Crippen LogP contribution in [0.1, 0.15) is 18.2 Å². The van der Waals surface area contributed by atoms with Crippen molar-refractivity contribution in [2.75, 3.05) is 12.9 Å². The zero-order chi connectivity index (χ0) is 25.6. The highest BCUT2D eigenvalue weighted by atomic mass is 32.2. The van der Waals surface area contributed by atoms with Crippen LogP contribution < -0.4 is 10.1 Å². The van der Waals surface area contributed by atoms with Gasteiger partial charge in [0.05, 0.1) is 29.6 Å². The quantitative estimate of drug-likeness (QED) is 0.210. The molecule has 0 unspecified atom stereocenters. The Morgan fingerprint density at radius 1 is 0.973 bits per heavy atom. The van der Waals surface area contributed by atoms with E-state index in [1.54, 1.807) is 7.11 Å². The van der Waals surface area contributed by atoms with Crippen molar-refractivity contribution in [3.05, 3.63) is 96.2 Å². The number of rotatable bonds is 9. The maximum absolute atomic E-state index is 12.8. The fourth-order valence-corrected chi connectivity index (χ4v) is 4.91. The van der Waals surface area contributed by atoms with E-state index in [-0.39, 0.29) is 11.7 Å². The normalized spacial score (nSPS) is 11.0. The molecule has 0 spiro atoms. The van der Waals surface area contributed by atoms with Gasteiger partial charge in [0.25, 0.3) is 0 Å². The van der Waals surface area contributed by atoms with Crippen molar-refractivity contribution < 1.29 is 9.53 Å². The Balaban J connectivity index is 1.47. The summed E-state index contributed by atoms with van der Waals surface area (Å²) in [5.74, 6) is 1.52. The number of amides is 1. The van der Waals surface area contributed by atoms with Gasteiger partial charge >= 0.3 is 0 Å². The van der Waals surface area contributed by atoms with Crippen molar-refractivity contribution >= 4 is 28.7 Å². The Morgan fingerprint density at radius 2 is 1.73 bits per heavy atom. The average Bonchev–Trinajstić information content (AvgIpc) is 3.35. The second-order valence-corrected chi connectivity index (χ2v) is 9.35. The third kappa shape index (κ3) is 5.49. The van der Waals surface area contributed by atoms with E-state index in [2.05, 4.69) is 12.2 Å². The Labute approximate surface area is 219 Å². The summed E-state index contributed by atoms with van der Waals surface area (Å²) in [6.07, 6.45) is 0.722. The van der Waals surface area contributed by atoms with E-state index in [0.717, 1.165) is 50.7 Å². The molecule has 37 heavy (non-hydrogen) atoms. The summed E-state index contributed by atoms with van der Waals surface area (Å²) in [7, 11) is 1.63. The Kier molecular flexibility index (Phi) is 7.46. The molecule has 0 saturated carbocycles. The van der Waals surface area contributed by atoms with Crippen LogP contribution in [0.3, 0.4) is 0 Å². The molecule has 0 radical (unpaired) electrons. The number of nitrogens with one attached hydrogen (secondary N) is 1. The largest absolute Gasteiger partial charge is 0.497 e. The zero-order valence-corrected chi connectivity index (χ0v) is 21.5. The van der Waals surface area contributed by atoms with Crippen molar-refractivity contribution in [3.8, 4) is 22.8 Å². The van der Waals surface area contributed by atoms with E-state index >= 15 is 0 Å². The second kappa shape index (κ2) is 11.3. The minimum atomic E-state index is -0.0747. The monoisotopic (exact) mass is 509 g/mol. The smallest absolute Gasteiger partial charge is 0.230 e. The molecule has 0 aliphatic heterocycles. The highest BCUT2D eigenvalue weighted by molar-refractivity contribution is 8.00. The first kappa shape index (κ1) is 24.5. The summed E-state index contributed by atoms with van der Waals surface area (Å²) in [6.45, 7) is 2.49. The first-order chi connectivity index (χ1) is 18.2. The molecule has 2 heterocycles. The zero-order valence-electron chi connectivity index (χ0n) is 20.7. The predicted molar refractivity (Wildman–Crippen MR) is 147 cm³/mol. The van der Waals surface area contributed by atoms with Gasteiger partial charge in [0, 0.05) is 12.1 Å². The number of hydrogen-bond donors (Lipinski definition) is 1. The molecule has 0 aliphatic carbocycles. The Morgan fingerprint density at radius 3 is 2.46 bits per heavy atom. The molecule has 0 fully saturated rings. The lowest BCUT2D eigenvalue weighted by Crippen LogP contribution is -2.24. The van der Waals surface area contributed by atoms with E-state index in [1.165, 1.54) is 11.8 Å². The molecule has 8 heteroatoms. The molecular weight excluding hydrogens is 482 g/mol. The average molecular weight is 510 g/mol. The van der Waals surface area contributed by atoms with Crippen molar-refractivity contribution in [2.24, 2.45) is 0 Å². The van der Waals surface area contributed by atoms with Gasteiger partial charge in [0.1, 0.15) is 10.8 Å². The van der Waals surface area contributed by atoms with Crippen LogP contribution in [0.15, 0.2) is 90.0 Å². The highest BCUT2D eigenvalue weighted by Crippen LogP contribution is 2.32. The molecule has 5 rings (SSSR count). The standard InChI is InChI=1S/C29H27N5O2S/c1-3-24-26-28(34(33-24)22-14-8-5-9-15-22)31-27(21-12-6-4-7-13-21)32-29(26)37-19-25(35)30-18-20-11-10-16-23(17-20)36-2/h4-17H,3,18-19H2,1-2H3,(H,30,35). The number of nitrogens with zero attached hydrogens (tertiary/aromatic N) is 4. The maximum atomic E-state index is 12.8. The number of fused-ring (bicyclic) bond motifs is 1. The fourth-order valence-electron chi connectivity index (χ4n) is 4.04. The number of carbonyl (C=O) groups excluding carboxylic acids is 1. The van der Waals surface area contributed by atoms with Crippen LogP contribution in [-0.4, -0.2) is 38.5 Å².